The van der Waals surface area contributed by atoms with Crippen molar-refractivity contribution in [1.29, 1.82) is 5.26 Å². The summed E-state index contributed by atoms with van der Waals surface area (Å²) in [6, 6.07) is 8.10. The molecule has 1 unspecified atom stereocenters. The van der Waals surface area contributed by atoms with Gasteiger partial charge in [0.1, 0.15) is 5.60 Å². The van der Waals surface area contributed by atoms with Crippen LogP contribution in [-0.4, -0.2) is 22.4 Å². The van der Waals surface area contributed by atoms with Gasteiger partial charge in [0.15, 0.2) is 0 Å². The van der Waals surface area contributed by atoms with Gasteiger partial charge in [0.2, 0.25) is 0 Å². The third-order valence-corrected chi connectivity index (χ3v) is 5.20. The molecule has 0 aliphatic carbocycles. The molecule has 2 aromatic carbocycles. The SMILES string of the molecule is CC(O)(CSc1ccc(C(F)(F)F)cc1)C(=O)Nc1ccc(C#N)cc1C(F)(F)F. The summed E-state index contributed by atoms with van der Waals surface area (Å²) >= 11 is 0.858. The van der Waals surface area contributed by atoms with Crippen molar-refractivity contribution in [3.05, 3.63) is 59.2 Å². The fraction of sp³-hybridized carbons (Fsp3) is 0.263. The van der Waals surface area contributed by atoms with E-state index in [0.717, 1.165) is 55.1 Å². The Hall–Kier alpha value is -2.71. The lowest BCUT2D eigenvalue weighted by molar-refractivity contribution is -0.138. The quantitative estimate of drug-likeness (QED) is 0.495. The van der Waals surface area contributed by atoms with Gasteiger partial charge in [0.25, 0.3) is 5.91 Å². The Morgan fingerprint density at radius 3 is 2.17 bits per heavy atom. The Labute approximate surface area is 171 Å². The normalized spacial score (nSPS) is 14.0. The first-order valence-corrected chi connectivity index (χ1v) is 9.18. The van der Waals surface area contributed by atoms with Crippen LogP contribution in [0.1, 0.15) is 23.6 Å². The van der Waals surface area contributed by atoms with Crippen LogP contribution >= 0.6 is 11.8 Å². The molecule has 1 atom stereocenters. The summed E-state index contributed by atoms with van der Waals surface area (Å²) in [5.41, 5.74) is -5.14. The van der Waals surface area contributed by atoms with Gasteiger partial charge in [0, 0.05) is 10.6 Å². The molecule has 0 bridgehead atoms. The minimum absolute atomic E-state index is 0.259. The number of rotatable bonds is 5. The fourth-order valence-corrected chi connectivity index (χ4v) is 3.15. The van der Waals surface area contributed by atoms with Crippen molar-refractivity contribution in [3.8, 4) is 6.07 Å². The molecule has 160 valence electrons. The van der Waals surface area contributed by atoms with E-state index in [1.807, 2.05) is 5.32 Å². The van der Waals surface area contributed by atoms with Crippen LogP contribution in [0.5, 0.6) is 0 Å². The molecule has 0 aromatic heterocycles. The van der Waals surface area contributed by atoms with Crippen LogP contribution in [0.4, 0.5) is 32.0 Å². The second-order valence-corrected chi connectivity index (χ2v) is 7.46. The molecule has 30 heavy (non-hydrogen) atoms. The third kappa shape index (κ3) is 5.90. The van der Waals surface area contributed by atoms with Crippen molar-refractivity contribution in [2.45, 2.75) is 29.8 Å². The van der Waals surface area contributed by atoms with E-state index in [2.05, 4.69) is 0 Å². The van der Waals surface area contributed by atoms with Gasteiger partial charge >= 0.3 is 12.4 Å². The highest BCUT2D eigenvalue weighted by molar-refractivity contribution is 7.99. The van der Waals surface area contributed by atoms with E-state index in [9.17, 15) is 36.2 Å². The van der Waals surface area contributed by atoms with E-state index >= 15 is 0 Å². The van der Waals surface area contributed by atoms with Crippen LogP contribution < -0.4 is 5.32 Å². The average molecular weight is 448 g/mol. The van der Waals surface area contributed by atoms with Crippen molar-refractivity contribution in [2.24, 2.45) is 0 Å². The van der Waals surface area contributed by atoms with E-state index in [4.69, 9.17) is 5.26 Å². The van der Waals surface area contributed by atoms with Crippen molar-refractivity contribution in [3.63, 3.8) is 0 Å². The Morgan fingerprint density at radius 1 is 1.07 bits per heavy atom. The van der Waals surface area contributed by atoms with Gasteiger partial charge in [-0.05, 0) is 49.4 Å². The van der Waals surface area contributed by atoms with Gasteiger partial charge in [-0.25, -0.2) is 0 Å². The number of carbonyl (C=O) groups excluding carboxylic acids is 1. The van der Waals surface area contributed by atoms with Gasteiger partial charge in [-0.1, -0.05) is 0 Å². The minimum Gasteiger partial charge on any atom is -0.379 e. The van der Waals surface area contributed by atoms with Crippen LogP contribution in [0.3, 0.4) is 0 Å². The maximum atomic E-state index is 13.2. The van der Waals surface area contributed by atoms with Gasteiger partial charge in [-0.2, -0.15) is 31.6 Å². The zero-order valence-electron chi connectivity index (χ0n) is 15.2. The van der Waals surface area contributed by atoms with E-state index < -0.39 is 40.7 Å². The zero-order chi connectivity index (χ0) is 22.7. The van der Waals surface area contributed by atoms with Crippen molar-refractivity contribution < 1.29 is 36.2 Å². The number of aliphatic hydroxyl groups is 1. The van der Waals surface area contributed by atoms with Crippen molar-refractivity contribution in [1.82, 2.24) is 0 Å². The summed E-state index contributed by atoms with van der Waals surface area (Å²) in [5, 5.41) is 21.1. The molecule has 0 spiro atoms. The average Bonchev–Trinajstić information content (AvgIpc) is 2.65. The number of benzene rings is 2. The summed E-state index contributed by atoms with van der Waals surface area (Å²) in [6.45, 7) is 1.07. The number of nitriles is 1. The summed E-state index contributed by atoms with van der Waals surface area (Å²) < 4.78 is 77.3. The molecular weight excluding hydrogens is 434 g/mol. The summed E-state index contributed by atoms with van der Waals surface area (Å²) in [6.07, 6.45) is -9.36. The maximum Gasteiger partial charge on any atom is 0.418 e. The number of hydrogen-bond acceptors (Lipinski definition) is 4. The molecule has 0 saturated heterocycles. The summed E-state index contributed by atoms with van der Waals surface area (Å²) in [5.74, 6) is -1.47. The smallest absolute Gasteiger partial charge is 0.379 e. The van der Waals surface area contributed by atoms with Gasteiger partial charge in [-0.3, -0.25) is 4.79 Å². The van der Waals surface area contributed by atoms with E-state index in [0.29, 0.717) is 11.0 Å². The molecule has 0 radical (unpaired) electrons. The molecule has 4 nitrogen and oxygen atoms in total. The second-order valence-electron chi connectivity index (χ2n) is 6.41. The lowest BCUT2D eigenvalue weighted by Crippen LogP contribution is -2.42. The lowest BCUT2D eigenvalue weighted by Gasteiger charge is -2.23. The first-order chi connectivity index (χ1) is 13.7. The molecule has 0 heterocycles. The van der Waals surface area contributed by atoms with Crippen LogP contribution in [0.25, 0.3) is 0 Å². The molecule has 0 aliphatic rings. The van der Waals surface area contributed by atoms with Crippen LogP contribution in [0.2, 0.25) is 0 Å². The van der Waals surface area contributed by atoms with Gasteiger partial charge in [-0.15, -0.1) is 11.8 Å². The summed E-state index contributed by atoms with van der Waals surface area (Å²) in [7, 11) is 0. The van der Waals surface area contributed by atoms with E-state index in [1.54, 1.807) is 6.07 Å². The Bertz CT molecular complexity index is 963. The van der Waals surface area contributed by atoms with Crippen LogP contribution in [0.15, 0.2) is 47.4 Å². The third-order valence-electron chi connectivity index (χ3n) is 3.89. The predicted molar refractivity (Wildman–Crippen MR) is 97.6 cm³/mol. The Morgan fingerprint density at radius 2 is 1.67 bits per heavy atom. The van der Waals surface area contributed by atoms with Crippen molar-refractivity contribution in [2.75, 3.05) is 11.1 Å². The molecule has 2 N–H and O–H groups in total. The number of hydrogen-bond donors (Lipinski definition) is 2. The Kier molecular flexibility index (Phi) is 6.73. The number of amides is 1. The fourth-order valence-electron chi connectivity index (χ4n) is 2.24. The highest BCUT2D eigenvalue weighted by atomic mass is 32.2. The minimum atomic E-state index is -4.85. The molecule has 2 aromatic rings. The number of carbonyl (C=O) groups is 1. The van der Waals surface area contributed by atoms with Gasteiger partial charge < -0.3 is 10.4 Å². The second kappa shape index (κ2) is 8.57. The largest absolute Gasteiger partial charge is 0.418 e. The zero-order valence-corrected chi connectivity index (χ0v) is 16.0. The molecule has 2 rings (SSSR count). The lowest BCUT2D eigenvalue weighted by atomic mass is 10.1. The number of anilines is 1. The number of halogens is 6. The van der Waals surface area contributed by atoms with Gasteiger partial charge in [0.05, 0.1) is 28.4 Å². The number of nitrogens with one attached hydrogen (secondary N) is 1. The van der Waals surface area contributed by atoms with Crippen LogP contribution in [-0.2, 0) is 17.1 Å². The first-order valence-electron chi connectivity index (χ1n) is 8.19. The van der Waals surface area contributed by atoms with E-state index in [-0.39, 0.29) is 11.3 Å². The monoisotopic (exact) mass is 448 g/mol. The first kappa shape index (κ1) is 23.6. The molecule has 11 heteroatoms. The maximum absolute atomic E-state index is 13.2. The van der Waals surface area contributed by atoms with E-state index in [1.165, 1.54) is 0 Å². The molecule has 1 amide bonds. The van der Waals surface area contributed by atoms with Crippen molar-refractivity contribution >= 4 is 23.4 Å². The predicted octanol–water partition coefficient (Wildman–Crippen LogP) is 5.08. The topological polar surface area (TPSA) is 73.1 Å². The summed E-state index contributed by atoms with van der Waals surface area (Å²) in [4.78, 5) is 12.6. The standard InChI is InChI=1S/C19H14F6N2O2S/c1-17(29,10-30-13-5-3-12(4-6-13)18(20,21)22)16(28)27-15-7-2-11(9-26)8-14(15)19(23,24)25/h2-8,29H,10H2,1H3,(H,27,28). The molecular formula is C19H14F6N2O2S. The molecule has 0 saturated carbocycles. The number of nitrogens with zero attached hydrogens (tertiary/aromatic N) is 1. The van der Waals surface area contributed by atoms with Crippen LogP contribution in [0, 0.1) is 11.3 Å². The number of thioether (sulfide) groups is 1. The highest BCUT2D eigenvalue weighted by Gasteiger charge is 2.37. The highest BCUT2D eigenvalue weighted by Crippen LogP contribution is 2.36. The molecule has 0 fully saturated rings. The Balaban J connectivity index is 2.12. The number of alkyl halides is 6. The molecule has 0 aliphatic heterocycles.